The highest BCUT2D eigenvalue weighted by Gasteiger charge is 2.25. The van der Waals surface area contributed by atoms with E-state index in [2.05, 4.69) is 0 Å². The second kappa shape index (κ2) is 4.04. The summed E-state index contributed by atoms with van der Waals surface area (Å²) in [6.07, 6.45) is 0. The van der Waals surface area contributed by atoms with Gasteiger partial charge in [-0.15, -0.1) is 0 Å². The van der Waals surface area contributed by atoms with Gasteiger partial charge in [-0.3, -0.25) is 4.79 Å². The van der Waals surface area contributed by atoms with Crippen molar-refractivity contribution >= 4 is 29.1 Å². The lowest BCUT2D eigenvalue weighted by Gasteiger charge is -2.12. The van der Waals surface area contributed by atoms with Gasteiger partial charge in [-0.25, -0.2) is 0 Å². The minimum atomic E-state index is -1.04. The molecule has 5 nitrogen and oxygen atoms in total. The molecule has 0 aliphatic rings. The van der Waals surface area contributed by atoms with E-state index in [0.29, 0.717) is 0 Å². The number of carbonyl (C=O) groups excluding carboxylic acids is 1. The largest absolute Gasteiger partial charge is 0.505 e. The second-order valence-corrected chi connectivity index (χ2v) is 3.35. The summed E-state index contributed by atoms with van der Waals surface area (Å²) in [7, 11) is 1.25. The van der Waals surface area contributed by atoms with Crippen molar-refractivity contribution in [1.29, 1.82) is 0 Å². The van der Waals surface area contributed by atoms with E-state index in [0.717, 1.165) is 0 Å². The van der Waals surface area contributed by atoms with Crippen LogP contribution in [0.25, 0.3) is 0 Å². The van der Waals surface area contributed by atoms with Crippen molar-refractivity contribution in [3.63, 3.8) is 0 Å². The van der Waals surface area contributed by atoms with Gasteiger partial charge in [-0.05, 0) is 0 Å². The Morgan fingerprint density at radius 1 is 1.27 bits per heavy atom. The molecule has 0 aliphatic carbocycles. The van der Waals surface area contributed by atoms with E-state index in [1.54, 1.807) is 0 Å². The van der Waals surface area contributed by atoms with Crippen molar-refractivity contribution in [3.8, 4) is 17.2 Å². The molecule has 0 fully saturated rings. The number of primary amides is 1. The fourth-order valence-electron chi connectivity index (χ4n) is 1.06. The van der Waals surface area contributed by atoms with Gasteiger partial charge in [0.1, 0.15) is 15.6 Å². The van der Waals surface area contributed by atoms with Gasteiger partial charge in [-0.2, -0.15) is 0 Å². The molecule has 1 aromatic rings. The van der Waals surface area contributed by atoms with Crippen molar-refractivity contribution in [2.45, 2.75) is 0 Å². The van der Waals surface area contributed by atoms with Crippen LogP contribution >= 0.6 is 23.2 Å². The van der Waals surface area contributed by atoms with Crippen LogP contribution in [0.4, 0.5) is 0 Å². The van der Waals surface area contributed by atoms with Gasteiger partial charge in [0.25, 0.3) is 5.91 Å². The molecule has 0 bridgehead atoms. The molecule has 0 saturated heterocycles. The van der Waals surface area contributed by atoms with Crippen LogP contribution in [0.2, 0.25) is 10.0 Å². The number of aromatic hydroxyl groups is 2. The van der Waals surface area contributed by atoms with Crippen molar-refractivity contribution < 1.29 is 19.7 Å². The molecule has 1 rings (SSSR count). The molecule has 0 radical (unpaired) electrons. The Balaban J connectivity index is 3.66. The van der Waals surface area contributed by atoms with E-state index in [1.165, 1.54) is 7.11 Å². The monoisotopic (exact) mass is 251 g/mol. The van der Waals surface area contributed by atoms with Crippen molar-refractivity contribution in [2.24, 2.45) is 5.73 Å². The molecule has 0 aromatic heterocycles. The van der Waals surface area contributed by atoms with Crippen LogP contribution in [0.3, 0.4) is 0 Å². The Bertz CT molecular complexity index is 404. The molecule has 0 heterocycles. The van der Waals surface area contributed by atoms with Crippen LogP contribution < -0.4 is 10.5 Å². The third kappa shape index (κ3) is 1.75. The fraction of sp³-hybridized carbons (Fsp3) is 0.125. The van der Waals surface area contributed by atoms with Crippen LogP contribution in [0, 0.1) is 0 Å². The summed E-state index contributed by atoms with van der Waals surface area (Å²) in [6.45, 7) is 0. The number of benzene rings is 1. The van der Waals surface area contributed by atoms with Crippen LogP contribution in [0.15, 0.2) is 0 Å². The second-order valence-electron chi connectivity index (χ2n) is 2.60. The first-order chi connectivity index (χ1) is 6.91. The van der Waals surface area contributed by atoms with E-state index in [4.69, 9.17) is 33.7 Å². The summed E-state index contributed by atoms with van der Waals surface area (Å²) < 4.78 is 4.74. The van der Waals surface area contributed by atoms with E-state index >= 15 is 0 Å². The first-order valence-corrected chi connectivity index (χ1v) is 4.44. The highest BCUT2D eigenvalue weighted by Crippen LogP contribution is 2.47. The molecule has 4 N–H and O–H groups in total. The van der Waals surface area contributed by atoms with Gasteiger partial charge in [0.05, 0.1) is 7.11 Å². The Hall–Kier alpha value is -1.33. The predicted molar refractivity (Wildman–Crippen MR) is 54.9 cm³/mol. The smallest absolute Gasteiger partial charge is 0.256 e. The molecule has 0 saturated carbocycles. The number of rotatable bonds is 2. The maximum Gasteiger partial charge on any atom is 0.256 e. The van der Waals surface area contributed by atoms with Crippen LogP contribution in [0.1, 0.15) is 10.4 Å². The summed E-state index contributed by atoms with van der Waals surface area (Å²) >= 11 is 11.3. The maximum atomic E-state index is 10.9. The van der Waals surface area contributed by atoms with Gasteiger partial charge < -0.3 is 20.7 Å². The number of methoxy groups -OCH3 is 1. The number of amides is 1. The topological polar surface area (TPSA) is 92.8 Å². The number of carbonyl (C=O) groups is 1. The zero-order chi connectivity index (χ0) is 11.7. The highest BCUT2D eigenvalue weighted by molar-refractivity contribution is 6.40. The Labute approximate surface area is 95.0 Å². The van der Waals surface area contributed by atoms with Crippen molar-refractivity contribution in [3.05, 3.63) is 15.6 Å². The van der Waals surface area contributed by atoms with Crippen LogP contribution in [0.5, 0.6) is 17.2 Å². The summed E-state index contributed by atoms with van der Waals surface area (Å²) in [4.78, 5) is 10.9. The minimum absolute atomic E-state index is 0.127. The standard InChI is InChI=1S/C8H7Cl2NO4/c1-15-7-3(9)5(12)2(8(11)14)6(13)4(7)10/h12-13H,1H3,(H2,11,14). The van der Waals surface area contributed by atoms with Gasteiger partial charge in [0.15, 0.2) is 17.2 Å². The minimum Gasteiger partial charge on any atom is -0.505 e. The van der Waals surface area contributed by atoms with E-state index in [-0.39, 0.29) is 15.8 Å². The fourth-order valence-corrected chi connectivity index (χ4v) is 1.64. The first kappa shape index (κ1) is 11.7. The van der Waals surface area contributed by atoms with Gasteiger partial charge >= 0.3 is 0 Å². The quantitative estimate of drug-likeness (QED) is 0.743. The van der Waals surface area contributed by atoms with Crippen molar-refractivity contribution in [1.82, 2.24) is 0 Å². The Kier molecular flexibility index (Phi) is 3.16. The molecular formula is C8H7Cl2NO4. The van der Waals surface area contributed by atoms with Crippen LogP contribution in [-0.4, -0.2) is 23.2 Å². The third-order valence-corrected chi connectivity index (χ3v) is 2.44. The average Bonchev–Trinajstić information content (AvgIpc) is 2.16. The van der Waals surface area contributed by atoms with E-state index < -0.39 is 23.0 Å². The molecule has 7 heteroatoms. The van der Waals surface area contributed by atoms with Gasteiger partial charge in [0.2, 0.25) is 0 Å². The lowest BCUT2D eigenvalue weighted by Crippen LogP contribution is -2.12. The zero-order valence-corrected chi connectivity index (χ0v) is 9.06. The molecule has 0 aliphatic heterocycles. The number of hydrogen-bond donors (Lipinski definition) is 3. The molecule has 0 atom stereocenters. The van der Waals surface area contributed by atoms with E-state index in [1.807, 2.05) is 0 Å². The number of hydrogen-bond acceptors (Lipinski definition) is 4. The summed E-state index contributed by atoms with van der Waals surface area (Å²) in [5.74, 6) is -2.50. The number of ether oxygens (including phenoxy) is 1. The Morgan fingerprint density at radius 3 is 1.93 bits per heavy atom. The Morgan fingerprint density at radius 2 is 1.67 bits per heavy atom. The lowest BCUT2D eigenvalue weighted by molar-refractivity contribution is 0.0995. The summed E-state index contributed by atoms with van der Waals surface area (Å²) in [5, 5.41) is 18.3. The van der Waals surface area contributed by atoms with Crippen LogP contribution in [-0.2, 0) is 0 Å². The number of nitrogens with two attached hydrogens (primary N) is 1. The van der Waals surface area contributed by atoms with Gasteiger partial charge in [-0.1, -0.05) is 23.2 Å². The first-order valence-electron chi connectivity index (χ1n) is 3.68. The lowest BCUT2D eigenvalue weighted by atomic mass is 10.1. The summed E-state index contributed by atoms with van der Waals surface area (Å²) in [6, 6.07) is 0. The molecule has 1 aromatic carbocycles. The van der Waals surface area contributed by atoms with Gasteiger partial charge in [0, 0.05) is 0 Å². The zero-order valence-electron chi connectivity index (χ0n) is 7.54. The molecule has 82 valence electrons. The molecule has 15 heavy (non-hydrogen) atoms. The van der Waals surface area contributed by atoms with E-state index in [9.17, 15) is 15.0 Å². The molecule has 1 amide bonds. The molecule has 0 unspecified atom stereocenters. The average molecular weight is 252 g/mol. The van der Waals surface area contributed by atoms with Crippen molar-refractivity contribution in [2.75, 3.05) is 7.11 Å². The molecular weight excluding hydrogens is 245 g/mol. The third-order valence-electron chi connectivity index (χ3n) is 1.74. The predicted octanol–water partition coefficient (Wildman–Crippen LogP) is 1.51. The summed E-state index contributed by atoms with van der Waals surface area (Å²) in [5.41, 5.74) is 4.39. The number of halogens is 2. The highest BCUT2D eigenvalue weighted by atomic mass is 35.5. The SMILES string of the molecule is COc1c(Cl)c(O)c(C(N)=O)c(O)c1Cl. The number of phenols is 2. The normalized spacial score (nSPS) is 10.1. The maximum absolute atomic E-state index is 10.9. The molecule has 0 spiro atoms.